The van der Waals surface area contributed by atoms with Crippen molar-refractivity contribution in [2.24, 2.45) is 0 Å². The Morgan fingerprint density at radius 2 is 0.736 bits per heavy atom. The normalized spacial score (nSPS) is 12.7. The Hall–Kier alpha value is -3.15. The summed E-state index contributed by atoms with van der Waals surface area (Å²) >= 11 is 0. The van der Waals surface area contributed by atoms with Gasteiger partial charge in [-0.3, -0.25) is 14.4 Å². The third-order valence-electron chi connectivity index (χ3n) is 8.73. The number of ether oxygens (including phenoxy) is 3. The van der Waals surface area contributed by atoms with E-state index >= 15 is 0 Å². The van der Waals surface area contributed by atoms with E-state index in [1.807, 2.05) is 0 Å². The molecule has 0 fully saturated rings. The quantitative estimate of drug-likeness (QED) is 0.0273. The van der Waals surface area contributed by atoms with Crippen molar-refractivity contribution in [1.29, 1.82) is 0 Å². The summed E-state index contributed by atoms with van der Waals surface area (Å²) in [7, 11) is 0. The molecule has 0 aliphatic carbocycles. The van der Waals surface area contributed by atoms with E-state index in [1.165, 1.54) is 44.9 Å². The molecule has 0 aromatic carbocycles. The lowest BCUT2D eigenvalue weighted by atomic mass is 10.1. The molecule has 0 radical (unpaired) electrons. The van der Waals surface area contributed by atoms with Crippen molar-refractivity contribution in [1.82, 2.24) is 0 Å². The average molecular weight is 739 g/mol. The zero-order valence-electron chi connectivity index (χ0n) is 34.3. The second-order valence-corrected chi connectivity index (χ2v) is 13.9. The monoisotopic (exact) mass is 739 g/mol. The van der Waals surface area contributed by atoms with Gasteiger partial charge in [-0.1, -0.05) is 171 Å². The zero-order chi connectivity index (χ0) is 38.7. The maximum Gasteiger partial charge on any atom is 0.306 e. The molecule has 0 bridgehead atoms. The Morgan fingerprint density at radius 3 is 1.15 bits per heavy atom. The number of allylic oxidation sites excluding steroid dienone is 12. The van der Waals surface area contributed by atoms with E-state index in [2.05, 4.69) is 93.7 Å². The second kappa shape index (κ2) is 41.6. The van der Waals surface area contributed by atoms with Gasteiger partial charge in [-0.05, 0) is 70.6 Å². The van der Waals surface area contributed by atoms with Gasteiger partial charge in [-0.2, -0.15) is 0 Å². The number of rotatable bonds is 37. The summed E-state index contributed by atoms with van der Waals surface area (Å²) in [6.45, 7) is 6.35. The maximum atomic E-state index is 12.6. The SMILES string of the molecule is CC/C=C\C/C=C\C/C=C\C/C=C\C/C=C\C/C=C\CCCCC(=O)OCC(COC(=O)CCCCCCC)OC(=O)CCCCCCCCCCC. The molecule has 0 N–H and O–H groups in total. The Kier molecular flexibility index (Phi) is 39.1. The van der Waals surface area contributed by atoms with E-state index in [9.17, 15) is 14.4 Å². The summed E-state index contributed by atoms with van der Waals surface area (Å²) < 4.78 is 16.5. The van der Waals surface area contributed by atoms with Crippen LogP contribution in [0.15, 0.2) is 72.9 Å². The van der Waals surface area contributed by atoms with Gasteiger partial charge in [-0.25, -0.2) is 0 Å². The van der Waals surface area contributed by atoms with Gasteiger partial charge in [0.15, 0.2) is 6.10 Å². The Bertz CT molecular complexity index is 1030. The summed E-state index contributed by atoms with van der Waals surface area (Å²) in [5.74, 6) is -0.960. The van der Waals surface area contributed by atoms with Crippen LogP contribution in [0.3, 0.4) is 0 Å². The molecule has 0 saturated carbocycles. The highest BCUT2D eigenvalue weighted by atomic mass is 16.6. The van der Waals surface area contributed by atoms with E-state index in [-0.39, 0.29) is 31.1 Å². The number of unbranched alkanes of at least 4 members (excludes halogenated alkanes) is 14. The van der Waals surface area contributed by atoms with Crippen molar-refractivity contribution >= 4 is 17.9 Å². The summed E-state index contributed by atoms with van der Waals surface area (Å²) in [5, 5.41) is 0. The minimum Gasteiger partial charge on any atom is -0.462 e. The minimum atomic E-state index is -0.784. The van der Waals surface area contributed by atoms with Crippen LogP contribution in [-0.4, -0.2) is 37.2 Å². The molecule has 1 unspecified atom stereocenters. The van der Waals surface area contributed by atoms with Crippen LogP contribution in [0.5, 0.6) is 0 Å². The Labute approximate surface area is 325 Å². The lowest BCUT2D eigenvalue weighted by molar-refractivity contribution is -0.167. The highest BCUT2D eigenvalue weighted by molar-refractivity contribution is 5.71. The number of esters is 3. The predicted octanol–water partition coefficient (Wildman–Crippen LogP) is 13.5. The molecule has 0 spiro atoms. The molecule has 53 heavy (non-hydrogen) atoms. The number of hydrogen-bond acceptors (Lipinski definition) is 6. The summed E-state index contributed by atoms with van der Waals surface area (Å²) in [6, 6.07) is 0. The molecule has 0 aromatic rings. The first-order chi connectivity index (χ1) is 26.0. The van der Waals surface area contributed by atoms with Gasteiger partial charge < -0.3 is 14.2 Å². The number of carbonyl (C=O) groups excluding carboxylic acids is 3. The topological polar surface area (TPSA) is 78.9 Å². The molecule has 6 heteroatoms. The molecule has 0 amide bonds. The molecule has 0 aromatic heterocycles. The van der Waals surface area contributed by atoms with Gasteiger partial charge in [0.05, 0.1) is 0 Å². The molecule has 6 nitrogen and oxygen atoms in total. The lowest BCUT2D eigenvalue weighted by Crippen LogP contribution is -2.30. The summed E-state index contributed by atoms with van der Waals surface area (Å²) in [4.78, 5) is 37.3. The van der Waals surface area contributed by atoms with Crippen LogP contribution in [0.25, 0.3) is 0 Å². The van der Waals surface area contributed by atoms with Crippen LogP contribution in [0.2, 0.25) is 0 Å². The molecule has 1 atom stereocenters. The van der Waals surface area contributed by atoms with Gasteiger partial charge in [0.2, 0.25) is 0 Å². The molecule has 0 saturated heterocycles. The average Bonchev–Trinajstić information content (AvgIpc) is 3.15. The maximum absolute atomic E-state index is 12.6. The van der Waals surface area contributed by atoms with Crippen LogP contribution < -0.4 is 0 Å². The smallest absolute Gasteiger partial charge is 0.306 e. The van der Waals surface area contributed by atoms with E-state index in [0.29, 0.717) is 19.3 Å². The highest BCUT2D eigenvalue weighted by Gasteiger charge is 2.19. The first-order valence-corrected chi connectivity index (χ1v) is 21.4. The Morgan fingerprint density at radius 1 is 0.396 bits per heavy atom. The first-order valence-electron chi connectivity index (χ1n) is 21.4. The van der Waals surface area contributed by atoms with E-state index in [4.69, 9.17) is 14.2 Å². The van der Waals surface area contributed by atoms with Gasteiger partial charge in [0, 0.05) is 19.3 Å². The number of carbonyl (C=O) groups is 3. The first kappa shape index (κ1) is 49.9. The molecule has 0 aliphatic heterocycles. The second-order valence-electron chi connectivity index (χ2n) is 13.9. The third kappa shape index (κ3) is 39.9. The highest BCUT2D eigenvalue weighted by Crippen LogP contribution is 2.12. The molecular weight excluding hydrogens is 661 g/mol. The van der Waals surface area contributed by atoms with Crippen molar-refractivity contribution in [3.8, 4) is 0 Å². The van der Waals surface area contributed by atoms with Crippen LogP contribution in [0, 0.1) is 0 Å². The molecule has 0 rings (SSSR count). The van der Waals surface area contributed by atoms with E-state index in [1.54, 1.807) is 0 Å². The standard InChI is InChI=1S/C47H78O6/c1-4-7-10-13-15-17-18-19-20-21-22-23-24-25-26-27-28-30-31-34-37-40-46(49)52-43-44(42-51-45(48)39-36-33-12-9-6-3)53-47(50)41-38-35-32-29-16-14-11-8-5-2/h7,10,15,17,19-20,22-23,25-26,28,30,44H,4-6,8-9,11-14,16,18,21,24,27,29,31-43H2,1-3H3/b10-7-,17-15-,20-19-,23-22-,26-25-,30-28-. The van der Waals surface area contributed by atoms with Gasteiger partial charge in [0.1, 0.15) is 13.2 Å². The fraction of sp³-hybridized carbons (Fsp3) is 0.681. The predicted molar refractivity (Wildman–Crippen MR) is 224 cm³/mol. The van der Waals surface area contributed by atoms with Crippen LogP contribution in [-0.2, 0) is 28.6 Å². The molecule has 0 heterocycles. The molecule has 0 aliphatic rings. The van der Waals surface area contributed by atoms with Crippen molar-refractivity contribution in [3.05, 3.63) is 72.9 Å². The fourth-order valence-electron chi connectivity index (χ4n) is 5.50. The fourth-order valence-corrected chi connectivity index (χ4v) is 5.50. The van der Waals surface area contributed by atoms with Gasteiger partial charge in [0.25, 0.3) is 0 Å². The summed E-state index contributed by atoms with van der Waals surface area (Å²) in [5.41, 5.74) is 0. The summed E-state index contributed by atoms with van der Waals surface area (Å²) in [6.07, 6.45) is 50.7. The third-order valence-corrected chi connectivity index (χ3v) is 8.73. The van der Waals surface area contributed by atoms with Crippen molar-refractivity contribution in [3.63, 3.8) is 0 Å². The van der Waals surface area contributed by atoms with Gasteiger partial charge >= 0.3 is 17.9 Å². The zero-order valence-corrected chi connectivity index (χ0v) is 34.3. The van der Waals surface area contributed by atoms with Crippen LogP contribution >= 0.6 is 0 Å². The minimum absolute atomic E-state index is 0.0900. The largest absolute Gasteiger partial charge is 0.462 e. The van der Waals surface area contributed by atoms with Crippen molar-refractivity contribution < 1.29 is 28.6 Å². The molecular formula is C47H78O6. The van der Waals surface area contributed by atoms with Crippen molar-refractivity contribution in [2.75, 3.05) is 13.2 Å². The Balaban J connectivity index is 4.28. The van der Waals surface area contributed by atoms with Gasteiger partial charge in [-0.15, -0.1) is 0 Å². The van der Waals surface area contributed by atoms with E-state index < -0.39 is 6.10 Å². The number of hydrogen-bond donors (Lipinski definition) is 0. The lowest BCUT2D eigenvalue weighted by Gasteiger charge is -2.18. The molecule has 302 valence electrons. The van der Waals surface area contributed by atoms with Crippen LogP contribution in [0.4, 0.5) is 0 Å². The van der Waals surface area contributed by atoms with Crippen molar-refractivity contribution in [2.45, 2.75) is 194 Å². The van der Waals surface area contributed by atoms with E-state index in [0.717, 1.165) is 103 Å². The van der Waals surface area contributed by atoms with Crippen LogP contribution in [0.1, 0.15) is 188 Å².